The van der Waals surface area contributed by atoms with Gasteiger partial charge in [0.05, 0.1) is 0 Å². The number of amides is 2. The number of unbranched alkanes of at least 4 members (excludes halogenated alkanes) is 2. The highest BCUT2D eigenvalue weighted by molar-refractivity contribution is 5.76. The Balaban J connectivity index is 2.59. The van der Waals surface area contributed by atoms with Crippen LogP contribution in [-0.2, 0) is 9.59 Å². The standard InChI is InChI=1S/C20H38N2O2/c1-6-8-10-17(23)21-15-20(5)13-16(12-19(3,4)14-20)22-18(24)11-9-7-2/h16H,6-15H2,1-5H3,(H,21,23)(H,22,24). The van der Waals surface area contributed by atoms with Crippen LogP contribution in [0.25, 0.3) is 0 Å². The van der Waals surface area contributed by atoms with Gasteiger partial charge in [-0.15, -0.1) is 0 Å². The number of nitrogens with one attached hydrogen (secondary N) is 2. The average Bonchev–Trinajstić information content (AvgIpc) is 2.47. The molecule has 0 heterocycles. The molecule has 140 valence electrons. The Morgan fingerprint density at radius 1 is 0.958 bits per heavy atom. The molecule has 4 heteroatoms. The Morgan fingerprint density at radius 3 is 2.12 bits per heavy atom. The quantitative estimate of drug-likeness (QED) is 0.662. The fraction of sp³-hybridized carbons (Fsp3) is 0.900. The summed E-state index contributed by atoms with van der Waals surface area (Å²) in [6.07, 6.45) is 8.28. The smallest absolute Gasteiger partial charge is 0.220 e. The molecule has 1 saturated carbocycles. The highest BCUT2D eigenvalue weighted by Crippen LogP contribution is 2.45. The topological polar surface area (TPSA) is 58.2 Å². The number of hydrogen-bond acceptors (Lipinski definition) is 2. The summed E-state index contributed by atoms with van der Waals surface area (Å²) in [5, 5.41) is 6.36. The summed E-state index contributed by atoms with van der Waals surface area (Å²) in [5.74, 6) is 0.332. The van der Waals surface area contributed by atoms with Crippen molar-refractivity contribution in [2.45, 2.75) is 98.4 Å². The fourth-order valence-electron chi connectivity index (χ4n) is 4.25. The van der Waals surface area contributed by atoms with Crippen LogP contribution in [0, 0.1) is 10.8 Å². The van der Waals surface area contributed by atoms with Crippen molar-refractivity contribution in [1.29, 1.82) is 0 Å². The van der Waals surface area contributed by atoms with Crippen molar-refractivity contribution in [3.63, 3.8) is 0 Å². The van der Waals surface area contributed by atoms with E-state index in [-0.39, 0.29) is 28.7 Å². The molecule has 1 fully saturated rings. The molecule has 2 unspecified atom stereocenters. The molecule has 1 aliphatic carbocycles. The van der Waals surface area contributed by atoms with Crippen molar-refractivity contribution in [2.75, 3.05) is 6.54 Å². The Morgan fingerprint density at radius 2 is 1.54 bits per heavy atom. The van der Waals surface area contributed by atoms with Gasteiger partial charge in [-0.25, -0.2) is 0 Å². The van der Waals surface area contributed by atoms with Gasteiger partial charge in [-0.05, 0) is 42.9 Å². The number of rotatable bonds is 9. The van der Waals surface area contributed by atoms with Crippen molar-refractivity contribution in [2.24, 2.45) is 10.8 Å². The van der Waals surface area contributed by atoms with Crippen molar-refractivity contribution in [3.8, 4) is 0 Å². The molecule has 0 saturated heterocycles. The van der Waals surface area contributed by atoms with E-state index in [0.717, 1.165) is 44.9 Å². The lowest BCUT2D eigenvalue weighted by Crippen LogP contribution is -2.50. The fourth-order valence-corrected chi connectivity index (χ4v) is 4.25. The molecule has 1 rings (SSSR count). The molecule has 0 aromatic heterocycles. The normalized spacial score (nSPS) is 26.0. The summed E-state index contributed by atoms with van der Waals surface area (Å²) in [4.78, 5) is 24.0. The molecule has 0 spiro atoms. The summed E-state index contributed by atoms with van der Waals surface area (Å²) in [6.45, 7) is 11.7. The molecule has 2 atom stereocenters. The van der Waals surface area contributed by atoms with Crippen LogP contribution >= 0.6 is 0 Å². The van der Waals surface area contributed by atoms with E-state index < -0.39 is 0 Å². The second-order valence-corrected chi connectivity index (χ2v) is 8.81. The molecule has 1 aliphatic rings. The van der Waals surface area contributed by atoms with Gasteiger partial charge < -0.3 is 10.6 Å². The molecular formula is C20H38N2O2. The van der Waals surface area contributed by atoms with Gasteiger partial charge in [-0.3, -0.25) is 9.59 Å². The van der Waals surface area contributed by atoms with Crippen LogP contribution in [-0.4, -0.2) is 24.4 Å². The maximum atomic E-state index is 12.1. The first-order valence-corrected chi connectivity index (χ1v) is 9.76. The van der Waals surface area contributed by atoms with Crippen molar-refractivity contribution in [3.05, 3.63) is 0 Å². The molecule has 0 aromatic carbocycles. The summed E-state index contributed by atoms with van der Waals surface area (Å²) in [7, 11) is 0. The molecular weight excluding hydrogens is 300 g/mol. The molecule has 0 aliphatic heterocycles. The van der Waals surface area contributed by atoms with Gasteiger partial charge >= 0.3 is 0 Å². The van der Waals surface area contributed by atoms with Crippen LogP contribution < -0.4 is 10.6 Å². The van der Waals surface area contributed by atoms with Crippen LogP contribution in [0.1, 0.15) is 92.4 Å². The van der Waals surface area contributed by atoms with E-state index in [1.54, 1.807) is 0 Å². The lowest BCUT2D eigenvalue weighted by molar-refractivity contribution is -0.124. The molecule has 0 bridgehead atoms. The first-order valence-electron chi connectivity index (χ1n) is 9.76. The maximum absolute atomic E-state index is 12.1. The number of carbonyl (C=O) groups excluding carboxylic acids is 2. The summed E-state index contributed by atoms with van der Waals surface area (Å²) in [6, 6.07) is 0.218. The summed E-state index contributed by atoms with van der Waals surface area (Å²) >= 11 is 0. The maximum Gasteiger partial charge on any atom is 0.220 e. The van der Waals surface area contributed by atoms with Crippen LogP contribution in [0.15, 0.2) is 0 Å². The predicted octanol–water partition coefficient (Wildman–Crippen LogP) is 4.18. The lowest BCUT2D eigenvalue weighted by atomic mass is 9.62. The monoisotopic (exact) mass is 338 g/mol. The highest BCUT2D eigenvalue weighted by Gasteiger charge is 2.41. The van der Waals surface area contributed by atoms with E-state index in [1.807, 2.05) is 0 Å². The van der Waals surface area contributed by atoms with Gasteiger partial charge in [0, 0.05) is 25.4 Å². The molecule has 0 radical (unpaired) electrons. The van der Waals surface area contributed by atoms with Crippen LogP contribution in [0.4, 0.5) is 0 Å². The number of hydrogen-bond donors (Lipinski definition) is 2. The third kappa shape index (κ3) is 7.67. The molecule has 4 nitrogen and oxygen atoms in total. The van der Waals surface area contributed by atoms with Crippen LogP contribution in [0.3, 0.4) is 0 Å². The van der Waals surface area contributed by atoms with Crippen LogP contribution in [0.2, 0.25) is 0 Å². The van der Waals surface area contributed by atoms with Gasteiger partial charge in [0.25, 0.3) is 0 Å². The van der Waals surface area contributed by atoms with Gasteiger partial charge in [0.1, 0.15) is 0 Å². The first-order chi connectivity index (χ1) is 11.2. The van der Waals surface area contributed by atoms with Gasteiger partial charge in [-0.2, -0.15) is 0 Å². The summed E-state index contributed by atoms with van der Waals surface area (Å²) in [5.41, 5.74) is 0.232. The van der Waals surface area contributed by atoms with E-state index in [0.29, 0.717) is 19.4 Å². The zero-order chi connectivity index (χ0) is 18.2. The molecule has 0 aromatic rings. The van der Waals surface area contributed by atoms with E-state index in [1.165, 1.54) is 0 Å². The molecule has 2 N–H and O–H groups in total. The Kier molecular flexibility index (Phi) is 8.24. The molecule has 2 amide bonds. The zero-order valence-electron chi connectivity index (χ0n) is 16.5. The predicted molar refractivity (Wildman–Crippen MR) is 99.7 cm³/mol. The second-order valence-electron chi connectivity index (χ2n) is 8.81. The van der Waals surface area contributed by atoms with Gasteiger partial charge in [0.2, 0.25) is 11.8 Å². The van der Waals surface area contributed by atoms with E-state index in [2.05, 4.69) is 45.3 Å². The highest BCUT2D eigenvalue weighted by atomic mass is 16.2. The Bertz CT molecular complexity index is 420. The minimum atomic E-state index is 0.0479. The average molecular weight is 339 g/mol. The minimum Gasteiger partial charge on any atom is -0.356 e. The second kappa shape index (κ2) is 9.43. The lowest BCUT2D eigenvalue weighted by Gasteiger charge is -2.47. The van der Waals surface area contributed by atoms with E-state index in [4.69, 9.17) is 0 Å². The Hall–Kier alpha value is -1.06. The first kappa shape index (κ1) is 21.0. The Labute approximate surface area is 148 Å². The van der Waals surface area contributed by atoms with Gasteiger partial charge in [0.15, 0.2) is 0 Å². The van der Waals surface area contributed by atoms with Crippen molar-refractivity contribution in [1.82, 2.24) is 10.6 Å². The molecule has 24 heavy (non-hydrogen) atoms. The minimum absolute atomic E-state index is 0.0479. The zero-order valence-corrected chi connectivity index (χ0v) is 16.5. The third-order valence-corrected chi connectivity index (χ3v) is 5.04. The van der Waals surface area contributed by atoms with Crippen molar-refractivity contribution >= 4 is 11.8 Å². The van der Waals surface area contributed by atoms with Crippen LogP contribution in [0.5, 0.6) is 0 Å². The largest absolute Gasteiger partial charge is 0.356 e. The number of carbonyl (C=O) groups is 2. The summed E-state index contributed by atoms with van der Waals surface area (Å²) < 4.78 is 0. The van der Waals surface area contributed by atoms with E-state index >= 15 is 0 Å². The van der Waals surface area contributed by atoms with Crippen molar-refractivity contribution < 1.29 is 9.59 Å². The van der Waals surface area contributed by atoms with Gasteiger partial charge in [-0.1, -0.05) is 47.5 Å². The third-order valence-electron chi connectivity index (χ3n) is 5.04. The SMILES string of the molecule is CCCCC(=O)NCC1(C)CC(NC(=O)CCCC)CC(C)(C)C1. The van der Waals surface area contributed by atoms with E-state index in [9.17, 15) is 9.59 Å².